The molecule has 7 nitrogen and oxygen atoms in total. The van der Waals surface area contributed by atoms with Gasteiger partial charge in [0.2, 0.25) is 0 Å². The maximum Gasteiger partial charge on any atom is 0.310 e. The first-order valence-corrected chi connectivity index (χ1v) is 11.1. The molecule has 0 atom stereocenters. The molecule has 0 aliphatic carbocycles. The van der Waals surface area contributed by atoms with E-state index in [-0.39, 0.29) is 18.2 Å². The zero-order chi connectivity index (χ0) is 24.1. The van der Waals surface area contributed by atoms with Gasteiger partial charge in [0.25, 0.3) is 0 Å². The lowest BCUT2D eigenvalue weighted by atomic mass is 10.1. The quantitative estimate of drug-likeness (QED) is 0.361. The highest BCUT2D eigenvalue weighted by molar-refractivity contribution is 5.88. The van der Waals surface area contributed by atoms with E-state index < -0.39 is 0 Å². The van der Waals surface area contributed by atoms with Crippen LogP contribution in [0.4, 0.5) is 10.2 Å². The van der Waals surface area contributed by atoms with Gasteiger partial charge in [-0.15, -0.1) is 0 Å². The average molecular weight is 463 g/mol. The highest BCUT2D eigenvalue weighted by Gasteiger charge is 2.14. The van der Waals surface area contributed by atoms with Crippen LogP contribution in [-0.2, 0) is 22.5 Å². The van der Waals surface area contributed by atoms with Gasteiger partial charge in [0, 0.05) is 35.8 Å². The van der Waals surface area contributed by atoms with Gasteiger partial charge in [0.1, 0.15) is 23.7 Å². The molecule has 34 heavy (non-hydrogen) atoms. The number of hydrogen-bond acceptors (Lipinski definition) is 6. The van der Waals surface area contributed by atoms with Gasteiger partial charge in [-0.25, -0.2) is 14.4 Å². The van der Waals surface area contributed by atoms with E-state index in [1.165, 1.54) is 12.4 Å². The summed E-state index contributed by atoms with van der Waals surface area (Å²) < 4.78 is 26.9. The van der Waals surface area contributed by atoms with Crippen molar-refractivity contribution in [2.45, 2.75) is 26.8 Å². The lowest BCUT2D eigenvalue weighted by Gasteiger charge is -2.12. The Kier molecular flexibility index (Phi) is 7.06. The van der Waals surface area contributed by atoms with E-state index in [0.717, 1.165) is 27.9 Å². The fourth-order valence-electron chi connectivity index (χ4n) is 3.99. The molecule has 0 saturated carbocycles. The molecule has 0 radical (unpaired) electrons. The van der Waals surface area contributed by atoms with Crippen molar-refractivity contribution in [1.29, 1.82) is 0 Å². The second-order valence-corrected chi connectivity index (χ2v) is 7.84. The molecule has 4 rings (SSSR count). The molecule has 176 valence electrons. The number of benzene rings is 2. The van der Waals surface area contributed by atoms with E-state index in [1.54, 1.807) is 20.1 Å². The number of carbonyl (C=O) groups is 1. The third-order valence-electron chi connectivity index (χ3n) is 5.61. The predicted octanol–water partition coefficient (Wildman–Crippen LogP) is 4.77. The van der Waals surface area contributed by atoms with Crippen LogP contribution < -0.4 is 10.1 Å². The van der Waals surface area contributed by atoms with Gasteiger partial charge in [-0.3, -0.25) is 4.79 Å². The van der Waals surface area contributed by atoms with Gasteiger partial charge in [-0.2, -0.15) is 0 Å². The number of carbonyl (C=O) groups excluding carboxylic acids is 1. The number of aryl methyl sites for hydroxylation is 1. The van der Waals surface area contributed by atoms with Crippen LogP contribution in [0.3, 0.4) is 0 Å². The summed E-state index contributed by atoms with van der Waals surface area (Å²) in [5.74, 6) is 0.806. The number of esters is 1. The highest BCUT2D eigenvalue weighted by atomic mass is 19.1. The number of hydrogen-bond donors (Lipinski definition) is 1. The Labute approximate surface area is 197 Å². The smallest absolute Gasteiger partial charge is 0.310 e. The third kappa shape index (κ3) is 5.01. The predicted molar refractivity (Wildman–Crippen MR) is 129 cm³/mol. The molecule has 2 aromatic heterocycles. The van der Waals surface area contributed by atoms with Crippen molar-refractivity contribution in [1.82, 2.24) is 14.5 Å². The highest BCUT2D eigenvalue weighted by Crippen LogP contribution is 2.30. The van der Waals surface area contributed by atoms with E-state index in [0.29, 0.717) is 36.8 Å². The van der Waals surface area contributed by atoms with Crippen molar-refractivity contribution in [3.8, 4) is 17.0 Å². The van der Waals surface area contributed by atoms with Crippen LogP contribution in [-0.4, -0.2) is 40.8 Å². The molecule has 1 N–H and O–H groups in total. The Hall–Kier alpha value is -3.94. The first-order chi connectivity index (χ1) is 16.5. The minimum atomic E-state index is -0.278. The summed E-state index contributed by atoms with van der Waals surface area (Å²) in [6.07, 6.45) is 1.75. The van der Waals surface area contributed by atoms with Crippen LogP contribution >= 0.6 is 0 Å². The molecule has 4 aromatic rings. The number of methoxy groups -OCH3 is 1. The standard InChI is InChI=1S/C26H27FN4O3/c1-4-34-25(32)14-18-5-7-19(8-6-18)22-15-24(30-16-29-22)28-11-12-31-17(2)13-20-23(33-3)10-9-21(27)26(20)31/h5-10,13,15-16H,4,11-12,14H2,1-3H3,(H,28,29,30). The van der Waals surface area contributed by atoms with Gasteiger partial charge < -0.3 is 19.4 Å². The molecular weight excluding hydrogens is 435 g/mol. The Morgan fingerprint density at radius 1 is 1.12 bits per heavy atom. The summed E-state index contributed by atoms with van der Waals surface area (Å²) in [4.78, 5) is 20.3. The minimum Gasteiger partial charge on any atom is -0.496 e. The second kappa shape index (κ2) is 10.3. The van der Waals surface area contributed by atoms with Crippen molar-refractivity contribution < 1.29 is 18.7 Å². The van der Waals surface area contributed by atoms with Crippen molar-refractivity contribution in [3.05, 3.63) is 71.9 Å². The number of aromatic nitrogens is 3. The van der Waals surface area contributed by atoms with Gasteiger partial charge >= 0.3 is 5.97 Å². The Morgan fingerprint density at radius 3 is 2.65 bits per heavy atom. The van der Waals surface area contributed by atoms with Crippen LogP contribution in [0.2, 0.25) is 0 Å². The van der Waals surface area contributed by atoms with Gasteiger partial charge in [-0.05, 0) is 37.6 Å². The van der Waals surface area contributed by atoms with Crippen molar-refractivity contribution in [2.24, 2.45) is 0 Å². The van der Waals surface area contributed by atoms with Gasteiger partial charge in [-0.1, -0.05) is 24.3 Å². The van der Waals surface area contributed by atoms with Crippen LogP contribution in [0.25, 0.3) is 22.2 Å². The Bertz CT molecular complexity index is 1300. The van der Waals surface area contributed by atoms with Crippen molar-refractivity contribution in [3.63, 3.8) is 0 Å². The summed E-state index contributed by atoms with van der Waals surface area (Å²) in [6, 6.07) is 14.5. The number of ether oxygens (including phenoxy) is 2. The average Bonchev–Trinajstić information content (AvgIpc) is 3.17. The van der Waals surface area contributed by atoms with Crippen LogP contribution in [0, 0.1) is 12.7 Å². The summed E-state index contributed by atoms with van der Waals surface area (Å²) in [6.45, 7) is 5.22. The normalized spacial score (nSPS) is 10.9. The maximum absolute atomic E-state index is 14.6. The number of fused-ring (bicyclic) bond motifs is 1. The molecule has 0 amide bonds. The largest absolute Gasteiger partial charge is 0.496 e. The van der Waals surface area contributed by atoms with Crippen LogP contribution in [0.1, 0.15) is 18.2 Å². The molecule has 0 spiro atoms. The monoisotopic (exact) mass is 462 g/mol. The summed E-state index contributed by atoms with van der Waals surface area (Å²) in [7, 11) is 1.58. The molecule has 0 aliphatic rings. The molecule has 0 bridgehead atoms. The molecule has 2 heterocycles. The van der Waals surface area contributed by atoms with Crippen LogP contribution in [0.15, 0.2) is 54.9 Å². The molecule has 8 heteroatoms. The summed E-state index contributed by atoms with van der Waals surface area (Å²) in [5, 5.41) is 4.06. The third-order valence-corrected chi connectivity index (χ3v) is 5.61. The van der Waals surface area contributed by atoms with Gasteiger partial charge in [0.05, 0.1) is 31.3 Å². The number of rotatable bonds is 9. The molecule has 0 fully saturated rings. The zero-order valence-corrected chi connectivity index (χ0v) is 19.5. The zero-order valence-electron chi connectivity index (χ0n) is 19.5. The summed E-state index contributed by atoms with van der Waals surface area (Å²) >= 11 is 0. The Morgan fingerprint density at radius 2 is 1.91 bits per heavy atom. The minimum absolute atomic E-state index is 0.241. The lowest BCUT2D eigenvalue weighted by Crippen LogP contribution is -2.13. The fraction of sp³-hybridized carbons (Fsp3) is 0.269. The molecular formula is C26H27FN4O3. The number of halogens is 1. The lowest BCUT2D eigenvalue weighted by molar-refractivity contribution is -0.142. The Balaban J connectivity index is 1.44. The molecule has 2 aromatic carbocycles. The van der Waals surface area contributed by atoms with Crippen LogP contribution in [0.5, 0.6) is 5.75 Å². The number of anilines is 1. The molecule has 0 saturated heterocycles. The second-order valence-electron chi connectivity index (χ2n) is 7.84. The van der Waals surface area contributed by atoms with Gasteiger partial charge in [0.15, 0.2) is 0 Å². The molecule has 0 unspecified atom stereocenters. The first kappa shape index (κ1) is 23.2. The summed E-state index contributed by atoms with van der Waals surface area (Å²) in [5.41, 5.74) is 4.04. The number of nitrogens with zero attached hydrogens (tertiary/aromatic N) is 3. The van der Waals surface area contributed by atoms with E-state index in [9.17, 15) is 9.18 Å². The van der Waals surface area contributed by atoms with E-state index >= 15 is 0 Å². The molecule has 0 aliphatic heterocycles. The maximum atomic E-state index is 14.6. The van der Waals surface area contributed by atoms with E-state index in [2.05, 4.69) is 15.3 Å². The fourth-order valence-corrected chi connectivity index (χ4v) is 3.99. The first-order valence-electron chi connectivity index (χ1n) is 11.1. The van der Waals surface area contributed by atoms with Crippen molar-refractivity contribution in [2.75, 3.05) is 25.6 Å². The SMILES string of the molecule is CCOC(=O)Cc1ccc(-c2cc(NCCn3c(C)cc4c(OC)ccc(F)c43)ncn2)cc1. The number of nitrogens with one attached hydrogen (secondary N) is 1. The van der Waals surface area contributed by atoms with E-state index in [4.69, 9.17) is 9.47 Å². The van der Waals surface area contributed by atoms with E-state index in [1.807, 2.05) is 47.9 Å². The van der Waals surface area contributed by atoms with Crippen molar-refractivity contribution >= 4 is 22.7 Å². The topological polar surface area (TPSA) is 78.3 Å².